The molecule has 1 N–H and O–H groups in total. The Kier molecular flexibility index (Phi) is 4.60. The van der Waals surface area contributed by atoms with E-state index < -0.39 is 0 Å². The third-order valence-electron chi connectivity index (χ3n) is 5.23. The molecular formula is C18H27FN2. The highest BCUT2D eigenvalue weighted by Crippen LogP contribution is 2.38. The van der Waals surface area contributed by atoms with Crippen molar-refractivity contribution in [2.24, 2.45) is 5.92 Å². The second-order valence-corrected chi connectivity index (χ2v) is 7.04. The average molecular weight is 290 g/mol. The van der Waals surface area contributed by atoms with Crippen LogP contribution >= 0.6 is 0 Å². The Morgan fingerprint density at radius 2 is 2.05 bits per heavy atom. The Balaban J connectivity index is 1.39. The zero-order valence-electron chi connectivity index (χ0n) is 13.2. The molecule has 3 rings (SSSR count). The van der Waals surface area contributed by atoms with Crippen molar-refractivity contribution in [2.75, 3.05) is 19.6 Å². The number of halogens is 1. The van der Waals surface area contributed by atoms with E-state index in [4.69, 9.17) is 0 Å². The number of nitrogens with zero attached hydrogens (tertiary/aromatic N) is 1. The van der Waals surface area contributed by atoms with Gasteiger partial charge in [0.15, 0.2) is 0 Å². The summed E-state index contributed by atoms with van der Waals surface area (Å²) in [7, 11) is 0. The molecule has 1 aliphatic heterocycles. The lowest BCUT2D eigenvalue weighted by Crippen LogP contribution is -2.43. The number of likely N-dealkylation sites (tertiary alicyclic amines) is 1. The van der Waals surface area contributed by atoms with Gasteiger partial charge in [-0.2, -0.15) is 0 Å². The molecule has 1 aliphatic carbocycles. The Labute approximate surface area is 127 Å². The van der Waals surface area contributed by atoms with Gasteiger partial charge in [-0.15, -0.1) is 0 Å². The van der Waals surface area contributed by atoms with Gasteiger partial charge in [0.05, 0.1) is 0 Å². The number of rotatable bonds is 5. The summed E-state index contributed by atoms with van der Waals surface area (Å²) >= 11 is 0. The molecular weight excluding hydrogens is 263 g/mol. The lowest BCUT2D eigenvalue weighted by molar-refractivity contribution is 0.248. The van der Waals surface area contributed by atoms with Crippen LogP contribution < -0.4 is 5.32 Å². The van der Waals surface area contributed by atoms with E-state index in [0.29, 0.717) is 18.0 Å². The lowest BCUT2D eigenvalue weighted by Gasteiger charge is -2.37. The highest BCUT2D eigenvalue weighted by atomic mass is 19.1. The number of hydrogen-bond acceptors (Lipinski definition) is 2. The maximum absolute atomic E-state index is 13.7. The monoisotopic (exact) mass is 290 g/mol. The largest absolute Gasteiger partial charge is 0.314 e. The van der Waals surface area contributed by atoms with Crippen LogP contribution in [0.25, 0.3) is 0 Å². The number of benzene rings is 1. The van der Waals surface area contributed by atoms with E-state index >= 15 is 0 Å². The van der Waals surface area contributed by atoms with Crippen molar-refractivity contribution in [3.05, 3.63) is 35.6 Å². The molecule has 0 bridgehead atoms. The molecule has 1 saturated heterocycles. The highest BCUT2D eigenvalue weighted by Gasteiger charge is 2.32. The van der Waals surface area contributed by atoms with E-state index in [0.717, 1.165) is 30.9 Å². The summed E-state index contributed by atoms with van der Waals surface area (Å²) in [4.78, 5) is 2.56. The molecule has 0 amide bonds. The zero-order valence-corrected chi connectivity index (χ0v) is 13.2. The molecule has 2 nitrogen and oxygen atoms in total. The Morgan fingerprint density at radius 1 is 1.29 bits per heavy atom. The topological polar surface area (TPSA) is 15.3 Å². The van der Waals surface area contributed by atoms with Gasteiger partial charge >= 0.3 is 0 Å². The van der Waals surface area contributed by atoms with Crippen molar-refractivity contribution in [3.63, 3.8) is 0 Å². The Hall–Kier alpha value is -0.930. The SMILES string of the molecule is CC(C)N1CCC(CNC2CC(c3ccccc3F)C2)C1. The second-order valence-electron chi connectivity index (χ2n) is 7.04. The van der Waals surface area contributed by atoms with Crippen LogP contribution in [0.15, 0.2) is 24.3 Å². The quantitative estimate of drug-likeness (QED) is 0.894. The molecule has 21 heavy (non-hydrogen) atoms. The van der Waals surface area contributed by atoms with Crippen LogP contribution in [0.5, 0.6) is 0 Å². The van der Waals surface area contributed by atoms with Gasteiger partial charge in [0.2, 0.25) is 0 Å². The third kappa shape index (κ3) is 3.46. The highest BCUT2D eigenvalue weighted by molar-refractivity contribution is 5.24. The van der Waals surface area contributed by atoms with Crippen molar-refractivity contribution in [1.29, 1.82) is 0 Å². The summed E-state index contributed by atoms with van der Waals surface area (Å²) in [5.41, 5.74) is 0.905. The average Bonchev–Trinajstić information content (AvgIpc) is 2.88. The zero-order chi connectivity index (χ0) is 14.8. The fourth-order valence-corrected chi connectivity index (χ4v) is 3.68. The molecule has 1 atom stereocenters. The van der Waals surface area contributed by atoms with Crippen LogP contribution in [0.3, 0.4) is 0 Å². The Morgan fingerprint density at radius 3 is 2.71 bits per heavy atom. The summed E-state index contributed by atoms with van der Waals surface area (Å²) in [6.07, 6.45) is 3.48. The van der Waals surface area contributed by atoms with Gasteiger partial charge in [-0.25, -0.2) is 4.39 Å². The fourth-order valence-electron chi connectivity index (χ4n) is 3.68. The number of nitrogens with one attached hydrogen (secondary N) is 1. The molecule has 0 radical (unpaired) electrons. The predicted molar refractivity (Wildman–Crippen MR) is 85.0 cm³/mol. The van der Waals surface area contributed by atoms with E-state index in [2.05, 4.69) is 24.1 Å². The summed E-state index contributed by atoms with van der Waals surface area (Å²) in [5.74, 6) is 1.17. The summed E-state index contributed by atoms with van der Waals surface area (Å²) in [6.45, 7) is 8.15. The van der Waals surface area contributed by atoms with Crippen LogP contribution in [0.1, 0.15) is 44.6 Å². The van der Waals surface area contributed by atoms with Gasteiger partial charge in [0, 0.05) is 18.6 Å². The number of hydrogen-bond donors (Lipinski definition) is 1. The van der Waals surface area contributed by atoms with Crippen LogP contribution in [-0.4, -0.2) is 36.6 Å². The first-order valence-corrected chi connectivity index (χ1v) is 8.35. The van der Waals surface area contributed by atoms with Crippen molar-refractivity contribution >= 4 is 0 Å². The second kappa shape index (κ2) is 6.45. The summed E-state index contributed by atoms with van der Waals surface area (Å²) in [5, 5.41) is 3.69. The molecule has 1 heterocycles. The maximum Gasteiger partial charge on any atom is 0.126 e. The van der Waals surface area contributed by atoms with Crippen molar-refractivity contribution in [3.8, 4) is 0 Å². The van der Waals surface area contributed by atoms with Crippen molar-refractivity contribution in [1.82, 2.24) is 10.2 Å². The molecule has 1 saturated carbocycles. The van der Waals surface area contributed by atoms with E-state index in [1.807, 2.05) is 12.1 Å². The molecule has 0 spiro atoms. The predicted octanol–water partition coefficient (Wildman–Crippen LogP) is 3.39. The van der Waals surface area contributed by atoms with Gasteiger partial charge in [0.25, 0.3) is 0 Å². The van der Waals surface area contributed by atoms with Crippen LogP contribution in [0, 0.1) is 11.7 Å². The molecule has 2 aliphatic rings. The minimum absolute atomic E-state index is 0.0377. The molecule has 1 unspecified atom stereocenters. The van der Waals surface area contributed by atoms with Gasteiger partial charge in [-0.05, 0) is 69.7 Å². The third-order valence-corrected chi connectivity index (χ3v) is 5.23. The minimum Gasteiger partial charge on any atom is -0.314 e. The fraction of sp³-hybridized carbons (Fsp3) is 0.667. The van der Waals surface area contributed by atoms with E-state index in [1.54, 1.807) is 12.1 Å². The van der Waals surface area contributed by atoms with E-state index in [1.165, 1.54) is 19.5 Å². The van der Waals surface area contributed by atoms with Crippen LogP contribution in [0.2, 0.25) is 0 Å². The molecule has 1 aromatic carbocycles. The first-order valence-electron chi connectivity index (χ1n) is 8.35. The minimum atomic E-state index is -0.0377. The molecule has 0 aromatic heterocycles. The normalized spacial score (nSPS) is 29.8. The van der Waals surface area contributed by atoms with Gasteiger partial charge in [0.1, 0.15) is 5.82 Å². The maximum atomic E-state index is 13.7. The standard InChI is InChI=1S/C18H27FN2/c1-13(2)21-8-7-14(12-21)11-20-16-9-15(10-16)17-5-3-4-6-18(17)19/h3-6,13-16,20H,7-12H2,1-2H3. The smallest absolute Gasteiger partial charge is 0.126 e. The molecule has 2 fully saturated rings. The lowest BCUT2D eigenvalue weighted by atomic mass is 9.75. The van der Waals surface area contributed by atoms with Gasteiger partial charge in [-0.1, -0.05) is 18.2 Å². The van der Waals surface area contributed by atoms with E-state index in [9.17, 15) is 4.39 Å². The van der Waals surface area contributed by atoms with Gasteiger partial charge < -0.3 is 10.2 Å². The first kappa shape index (κ1) is 15.0. The molecule has 116 valence electrons. The molecule has 3 heteroatoms. The van der Waals surface area contributed by atoms with Crippen LogP contribution in [0.4, 0.5) is 4.39 Å². The first-order chi connectivity index (χ1) is 10.1. The Bertz CT molecular complexity index is 468. The van der Waals surface area contributed by atoms with Crippen molar-refractivity contribution < 1.29 is 4.39 Å². The van der Waals surface area contributed by atoms with Gasteiger partial charge in [-0.3, -0.25) is 0 Å². The summed E-state index contributed by atoms with van der Waals surface area (Å²) < 4.78 is 13.7. The molecule has 1 aromatic rings. The van der Waals surface area contributed by atoms with Crippen LogP contribution in [-0.2, 0) is 0 Å². The van der Waals surface area contributed by atoms with E-state index in [-0.39, 0.29) is 5.82 Å². The van der Waals surface area contributed by atoms with Crippen molar-refractivity contribution in [2.45, 2.75) is 51.1 Å². The summed E-state index contributed by atoms with van der Waals surface area (Å²) in [6, 6.07) is 8.49.